The van der Waals surface area contributed by atoms with Crippen LogP contribution in [0.3, 0.4) is 0 Å². The topological polar surface area (TPSA) is 82.7 Å². The summed E-state index contributed by atoms with van der Waals surface area (Å²) in [5.74, 6) is -0.121. The number of hydrogen-bond acceptors (Lipinski definition) is 6. The van der Waals surface area contributed by atoms with E-state index in [0.29, 0.717) is 16.7 Å². The quantitative estimate of drug-likeness (QED) is 0.375. The third-order valence-corrected chi connectivity index (χ3v) is 5.22. The van der Waals surface area contributed by atoms with Gasteiger partial charge in [-0.1, -0.05) is 18.2 Å². The van der Waals surface area contributed by atoms with Crippen molar-refractivity contribution in [2.24, 2.45) is 0 Å². The highest BCUT2D eigenvalue weighted by molar-refractivity contribution is 6.31. The van der Waals surface area contributed by atoms with Crippen LogP contribution in [0.5, 0.6) is 5.75 Å². The van der Waals surface area contributed by atoms with Crippen LogP contribution in [0.25, 0.3) is 5.57 Å². The molecule has 0 spiro atoms. The van der Waals surface area contributed by atoms with Crippen LogP contribution < -0.4 is 20.7 Å². The highest BCUT2D eigenvalue weighted by Gasteiger charge is 2.27. The molecule has 0 saturated heterocycles. The molecule has 2 amide bonds. The van der Waals surface area contributed by atoms with Crippen LogP contribution in [-0.2, 0) is 11.3 Å². The molecule has 0 radical (unpaired) electrons. The Hall–Kier alpha value is -4.10. The van der Waals surface area contributed by atoms with Crippen molar-refractivity contribution in [3.05, 3.63) is 89.6 Å². The average Bonchev–Trinajstić information content (AvgIpc) is 2.79. The summed E-state index contributed by atoms with van der Waals surface area (Å²) in [5, 5.41) is 8.89. The van der Waals surface area contributed by atoms with Crippen molar-refractivity contribution >= 4 is 34.4 Å². The summed E-state index contributed by atoms with van der Waals surface area (Å²) in [7, 11) is 5.66. The normalized spacial score (nSPS) is 14.1. The maximum atomic E-state index is 12.6. The number of benzene rings is 3. The second kappa shape index (κ2) is 9.58. The van der Waals surface area contributed by atoms with Crippen LogP contribution in [0, 0.1) is 0 Å². The van der Waals surface area contributed by atoms with Crippen molar-refractivity contribution in [2.75, 3.05) is 31.8 Å². The lowest BCUT2D eigenvalue weighted by molar-refractivity contribution is -0.114. The van der Waals surface area contributed by atoms with Gasteiger partial charge < -0.3 is 20.3 Å². The van der Waals surface area contributed by atoms with Gasteiger partial charge in [-0.2, -0.15) is 0 Å². The number of anilines is 3. The van der Waals surface area contributed by atoms with E-state index in [4.69, 9.17) is 4.74 Å². The molecular weight excluding hydrogens is 416 g/mol. The molecule has 3 aromatic carbocycles. The third kappa shape index (κ3) is 5.22. The third-order valence-electron chi connectivity index (χ3n) is 5.22. The molecule has 7 heteroatoms. The van der Waals surface area contributed by atoms with Gasteiger partial charge in [-0.05, 0) is 62.1 Å². The molecule has 0 fully saturated rings. The number of methoxy groups -OCH3 is 1. The minimum atomic E-state index is -0.442. The summed E-state index contributed by atoms with van der Waals surface area (Å²) < 4.78 is 5.27. The first kappa shape index (κ1) is 22.1. The molecule has 0 saturated carbocycles. The molecule has 1 aliphatic heterocycles. The molecule has 0 aliphatic carbocycles. The van der Waals surface area contributed by atoms with E-state index < -0.39 is 11.8 Å². The zero-order chi connectivity index (χ0) is 23.4. The minimum Gasteiger partial charge on any atom is -0.497 e. The van der Waals surface area contributed by atoms with Crippen molar-refractivity contribution in [1.82, 2.24) is 10.2 Å². The molecule has 1 aliphatic rings. The van der Waals surface area contributed by atoms with Crippen LogP contribution in [0.2, 0.25) is 0 Å². The second-order valence-corrected chi connectivity index (χ2v) is 8.04. The highest BCUT2D eigenvalue weighted by atomic mass is 16.5. The highest BCUT2D eigenvalue weighted by Crippen LogP contribution is 2.29. The fourth-order valence-electron chi connectivity index (χ4n) is 3.64. The minimum absolute atomic E-state index is 0.385. The van der Waals surface area contributed by atoms with Crippen LogP contribution in [-0.4, -0.2) is 37.9 Å². The lowest BCUT2D eigenvalue weighted by Crippen LogP contribution is -2.36. The van der Waals surface area contributed by atoms with Crippen molar-refractivity contribution in [3.63, 3.8) is 0 Å². The molecule has 4 rings (SSSR count). The van der Waals surface area contributed by atoms with E-state index in [1.165, 1.54) is 5.56 Å². The van der Waals surface area contributed by atoms with Gasteiger partial charge >= 0.3 is 0 Å². The van der Waals surface area contributed by atoms with E-state index in [-0.39, 0.29) is 0 Å². The maximum absolute atomic E-state index is 12.6. The predicted molar refractivity (Wildman–Crippen MR) is 131 cm³/mol. The Morgan fingerprint density at radius 3 is 2.33 bits per heavy atom. The molecule has 3 N–H and O–H groups in total. The summed E-state index contributed by atoms with van der Waals surface area (Å²) >= 11 is 0. The van der Waals surface area contributed by atoms with Crippen LogP contribution >= 0.6 is 0 Å². The van der Waals surface area contributed by atoms with Crippen molar-refractivity contribution in [3.8, 4) is 5.75 Å². The van der Waals surface area contributed by atoms with Crippen LogP contribution in [0.1, 0.15) is 21.5 Å². The number of hydrogen-bond donors (Lipinski definition) is 3. The molecular formula is C26H26N4O3. The van der Waals surface area contributed by atoms with E-state index >= 15 is 0 Å². The molecule has 0 atom stereocenters. The number of fused-ring (bicyclic) bond motifs is 1. The Bertz CT molecular complexity index is 1220. The van der Waals surface area contributed by atoms with E-state index in [9.17, 15) is 9.59 Å². The number of carbonyl (C=O) groups excluding carboxylic acids is 2. The molecule has 7 nitrogen and oxygen atoms in total. The van der Waals surface area contributed by atoms with Gasteiger partial charge in [0.1, 0.15) is 5.75 Å². The number of imide groups is 1. The average molecular weight is 443 g/mol. The second-order valence-electron chi connectivity index (χ2n) is 8.04. The van der Waals surface area contributed by atoms with Gasteiger partial charge in [0.05, 0.1) is 12.7 Å². The Morgan fingerprint density at radius 2 is 1.61 bits per heavy atom. The summed E-state index contributed by atoms with van der Waals surface area (Å²) in [4.78, 5) is 27.1. The molecule has 3 aromatic rings. The van der Waals surface area contributed by atoms with E-state index in [1.807, 2.05) is 68.7 Å². The number of ether oxygens (including phenoxy) is 1. The molecule has 0 bridgehead atoms. The molecule has 168 valence electrons. The first-order chi connectivity index (χ1) is 15.9. The van der Waals surface area contributed by atoms with E-state index in [1.54, 1.807) is 25.4 Å². The monoisotopic (exact) mass is 442 g/mol. The lowest BCUT2D eigenvalue weighted by atomic mass is 9.94. The Labute approximate surface area is 193 Å². The zero-order valence-electron chi connectivity index (χ0n) is 18.8. The number of rotatable bonds is 7. The fourth-order valence-corrected chi connectivity index (χ4v) is 3.64. The Morgan fingerprint density at radius 1 is 0.879 bits per heavy atom. The van der Waals surface area contributed by atoms with Gasteiger partial charge in [-0.3, -0.25) is 14.9 Å². The predicted octanol–water partition coefficient (Wildman–Crippen LogP) is 4.22. The van der Waals surface area contributed by atoms with Gasteiger partial charge in [0.25, 0.3) is 11.8 Å². The number of amides is 2. The summed E-state index contributed by atoms with van der Waals surface area (Å²) in [6, 6.07) is 20.9. The van der Waals surface area contributed by atoms with Crippen molar-refractivity contribution in [1.29, 1.82) is 0 Å². The molecule has 0 aromatic heterocycles. The lowest BCUT2D eigenvalue weighted by Gasteiger charge is -2.20. The summed E-state index contributed by atoms with van der Waals surface area (Å²) in [5.41, 5.74) is 5.02. The van der Waals surface area contributed by atoms with Gasteiger partial charge in [0, 0.05) is 47.0 Å². The van der Waals surface area contributed by atoms with Gasteiger partial charge in [0.2, 0.25) is 0 Å². The zero-order valence-corrected chi connectivity index (χ0v) is 18.8. The first-order valence-electron chi connectivity index (χ1n) is 10.5. The summed E-state index contributed by atoms with van der Waals surface area (Å²) in [6.45, 7) is 0.850. The number of nitrogens with zero attached hydrogens (tertiary/aromatic N) is 1. The maximum Gasteiger partial charge on any atom is 0.260 e. The SMILES string of the molecule is COc1cccc(Nc2ccc3c(c2)/C(=C/Nc2ccc(CN(C)C)cc2)C(=O)NC3=O)c1. The van der Waals surface area contributed by atoms with E-state index in [0.717, 1.165) is 29.4 Å². The first-order valence-corrected chi connectivity index (χ1v) is 10.5. The standard InChI is InChI=1S/C26H26N4O3/c1-30(2)16-17-7-9-18(10-8-17)27-15-24-23-14-20(11-12-22(23)25(31)29-26(24)32)28-19-5-4-6-21(13-19)33-3/h4-15,27-28H,16H2,1-3H3,(H,29,31,32)/b24-15-. The summed E-state index contributed by atoms with van der Waals surface area (Å²) in [6.07, 6.45) is 1.64. The Kier molecular flexibility index (Phi) is 6.42. The Balaban J connectivity index is 1.60. The van der Waals surface area contributed by atoms with Gasteiger partial charge in [-0.15, -0.1) is 0 Å². The smallest absolute Gasteiger partial charge is 0.260 e. The molecule has 1 heterocycles. The van der Waals surface area contributed by atoms with Crippen molar-refractivity contribution < 1.29 is 14.3 Å². The van der Waals surface area contributed by atoms with Crippen molar-refractivity contribution in [2.45, 2.75) is 6.54 Å². The number of carbonyl (C=O) groups is 2. The van der Waals surface area contributed by atoms with Gasteiger partial charge in [-0.25, -0.2) is 0 Å². The van der Waals surface area contributed by atoms with E-state index in [2.05, 4.69) is 20.9 Å². The van der Waals surface area contributed by atoms with Crippen LogP contribution in [0.15, 0.2) is 72.9 Å². The molecule has 33 heavy (non-hydrogen) atoms. The number of nitrogens with one attached hydrogen (secondary N) is 3. The largest absolute Gasteiger partial charge is 0.497 e. The molecule has 0 unspecified atom stereocenters. The van der Waals surface area contributed by atoms with Crippen LogP contribution in [0.4, 0.5) is 17.1 Å². The fraction of sp³-hybridized carbons (Fsp3) is 0.154. The van der Waals surface area contributed by atoms with Gasteiger partial charge in [0.15, 0.2) is 0 Å².